The third-order valence-corrected chi connectivity index (χ3v) is 8.92. The molecule has 2 aliphatic heterocycles. The van der Waals surface area contributed by atoms with Crippen LogP contribution in [0.15, 0.2) is 96.6 Å². The van der Waals surface area contributed by atoms with Gasteiger partial charge in [0.15, 0.2) is 5.13 Å². The van der Waals surface area contributed by atoms with Crippen LogP contribution in [-0.2, 0) is 22.6 Å². The molecule has 1 fully saturated rings. The smallest absolute Gasteiger partial charge is 0.301 e. The van der Waals surface area contributed by atoms with Crippen molar-refractivity contribution in [1.82, 2.24) is 4.98 Å². The van der Waals surface area contributed by atoms with E-state index < -0.39 is 17.7 Å². The first-order chi connectivity index (χ1) is 21.9. The maximum Gasteiger partial charge on any atom is 0.301 e. The summed E-state index contributed by atoms with van der Waals surface area (Å²) in [6.45, 7) is 4.75. The molecular formula is C36H30N2O6S. The van der Waals surface area contributed by atoms with Gasteiger partial charge < -0.3 is 19.3 Å². The number of hydrogen-bond donors (Lipinski definition) is 1. The lowest BCUT2D eigenvalue weighted by Crippen LogP contribution is -2.29. The van der Waals surface area contributed by atoms with Crippen molar-refractivity contribution in [3.63, 3.8) is 0 Å². The number of carbonyl (C=O) groups excluding carboxylic acids is 2. The Kier molecular flexibility index (Phi) is 7.47. The maximum atomic E-state index is 13.8. The number of Topliss-reactive ketones (excluding diaryl/α,β-unsaturated/α-hetero) is 1. The van der Waals surface area contributed by atoms with Crippen LogP contribution in [0, 0.1) is 0 Å². The second kappa shape index (κ2) is 11.7. The lowest BCUT2D eigenvalue weighted by atomic mass is 9.94. The van der Waals surface area contributed by atoms with E-state index in [9.17, 15) is 14.7 Å². The van der Waals surface area contributed by atoms with Gasteiger partial charge in [-0.3, -0.25) is 14.5 Å². The van der Waals surface area contributed by atoms with Gasteiger partial charge in [0.1, 0.15) is 35.7 Å². The Balaban J connectivity index is 1.34. The Morgan fingerprint density at radius 3 is 2.62 bits per heavy atom. The van der Waals surface area contributed by atoms with Crippen molar-refractivity contribution >= 4 is 44.1 Å². The summed E-state index contributed by atoms with van der Waals surface area (Å²) in [4.78, 5) is 33.8. The number of thiazole rings is 1. The van der Waals surface area contributed by atoms with Crippen molar-refractivity contribution in [2.24, 2.45) is 0 Å². The van der Waals surface area contributed by atoms with Crippen molar-refractivity contribution < 1.29 is 28.9 Å². The Labute approximate surface area is 264 Å². The zero-order chi connectivity index (χ0) is 31.1. The van der Waals surface area contributed by atoms with E-state index in [1.54, 1.807) is 18.2 Å². The monoisotopic (exact) mass is 618 g/mol. The second-order valence-corrected chi connectivity index (χ2v) is 12.0. The maximum absolute atomic E-state index is 13.8. The number of benzene rings is 4. The number of carbonyl (C=O) groups is 2. The molecule has 0 aliphatic carbocycles. The summed E-state index contributed by atoms with van der Waals surface area (Å²) in [5.41, 5.74) is 3.65. The van der Waals surface area contributed by atoms with Crippen molar-refractivity contribution in [3.8, 4) is 17.2 Å². The van der Waals surface area contributed by atoms with Crippen LogP contribution in [-0.4, -0.2) is 34.5 Å². The molecule has 8 nitrogen and oxygen atoms in total. The van der Waals surface area contributed by atoms with E-state index in [0.717, 1.165) is 21.6 Å². The number of aliphatic hydroxyl groups excluding tert-OH is 1. The fourth-order valence-electron chi connectivity index (χ4n) is 5.84. The molecule has 2 aliphatic rings. The van der Waals surface area contributed by atoms with Gasteiger partial charge in [-0.15, -0.1) is 0 Å². The van der Waals surface area contributed by atoms with Crippen molar-refractivity contribution in [1.29, 1.82) is 0 Å². The average Bonchev–Trinajstić information content (AvgIpc) is 3.72. The number of hydrogen-bond acceptors (Lipinski definition) is 8. The van der Waals surface area contributed by atoms with Crippen LogP contribution in [0.3, 0.4) is 0 Å². The third-order valence-electron chi connectivity index (χ3n) is 7.90. The number of ether oxygens (including phenoxy) is 3. The molecule has 2 atom stereocenters. The van der Waals surface area contributed by atoms with Gasteiger partial charge in [0.2, 0.25) is 0 Å². The number of rotatable bonds is 8. The lowest BCUT2D eigenvalue weighted by molar-refractivity contribution is -0.132. The molecule has 1 aromatic heterocycles. The Bertz CT molecular complexity index is 1970. The molecule has 0 bridgehead atoms. The van der Waals surface area contributed by atoms with Crippen LogP contribution >= 0.6 is 11.3 Å². The van der Waals surface area contributed by atoms with Crippen LogP contribution in [0.4, 0.5) is 5.13 Å². The summed E-state index contributed by atoms with van der Waals surface area (Å²) in [7, 11) is 0. The highest BCUT2D eigenvalue weighted by Crippen LogP contribution is 2.45. The molecule has 5 aromatic rings. The zero-order valence-corrected chi connectivity index (χ0v) is 25.5. The number of fused-ring (bicyclic) bond motifs is 2. The predicted molar refractivity (Wildman–Crippen MR) is 173 cm³/mol. The molecule has 1 saturated heterocycles. The van der Waals surface area contributed by atoms with Gasteiger partial charge in [-0.1, -0.05) is 53.8 Å². The van der Waals surface area contributed by atoms with Gasteiger partial charge in [0, 0.05) is 12.0 Å². The molecule has 0 radical (unpaired) electrons. The van der Waals surface area contributed by atoms with Gasteiger partial charge in [0.05, 0.1) is 28.4 Å². The SMILES string of the molecule is CCOc1ccc2nc(N3C(=O)C(=O)C(=C(O)c4ccc5c(c4)C[C@H](C)O5)[C@@H]3c3cccc(OCc4ccccc4)c3)sc2c1. The van der Waals surface area contributed by atoms with E-state index in [0.29, 0.717) is 52.9 Å². The molecule has 1 N–H and O–H groups in total. The Morgan fingerprint density at radius 2 is 1.80 bits per heavy atom. The number of aliphatic hydroxyl groups is 1. The summed E-state index contributed by atoms with van der Waals surface area (Å²) in [5, 5.41) is 12.1. The first-order valence-electron chi connectivity index (χ1n) is 14.8. The minimum Gasteiger partial charge on any atom is -0.507 e. The van der Waals surface area contributed by atoms with Crippen LogP contribution in [0.1, 0.15) is 42.1 Å². The summed E-state index contributed by atoms with van der Waals surface area (Å²) in [5.74, 6) is 0.207. The largest absolute Gasteiger partial charge is 0.507 e. The molecule has 0 unspecified atom stereocenters. The molecular weight excluding hydrogens is 588 g/mol. The van der Waals surface area contributed by atoms with Crippen LogP contribution < -0.4 is 19.1 Å². The molecule has 3 heterocycles. The van der Waals surface area contributed by atoms with Gasteiger partial charge in [-0.25, -0.2) is 4.98 Å². The normalized spacial score (nSPS) is 18.7. The Morgan fingerprint density at radius 1 is 0.978 bits per heavy atom. The zero-order valence-electron chi connectivity index (χ0n) is 24.7. The molecule has 1 amide bonds. The number of amides is 1. The fourth-order valence-corrected chi connectivity index (χ4v) is 6.86. The fraction of sp³-hybridized carbons (Fsp3) is 0.194. The summed E-state index contributed by atoms with van der Waals surface area (Å²) < 4.78 is 18.4. The first-order valence-corrected chi connectivity index (χ1v) is 15.6. The quantitative estimate of drug-likeness (QED) is 0.111. The number of ketones is 1. The molecule has 7 rings (SSSR count). The van der Waals surface area contributed by atoms with Crippen LogP contribution in [0.5, 0.6) is 17.2 Å². The average molecular weight is 619 g/mol. The van der Waals surface area contributed by atoms with Crippen molar-refractivity contribution in [2.75, 3.05) is 11.5 Å². The highest BCUT2D eigenvalue weighted by molar-refractivity contribution is 7.22. The van der Waals surface area contributed by atoms with E-state index in [2.05, 4.69) is 0 Å². The molecule has 9 heteroatoms. The van der Waals surface area contributed by atoms with E-state index in [4.69, 9.17) is 19.2 Å². The summed E-state index contributed by atoms with van der Waals surface area (Å²) in [6.07, 6.45) is 0.702. The van der Waals surface area contributed by atoms with E-state index in [1.165, 1.54) is 16.2 Å². The van der Waals surface area contributed by atoms with E-state index in [1.807, 2.05) is 86.6 Å². The number of anilines is 1. The summed E-state index contributed by atoms with van der Waals surface area (Å²) >= 11 is 1.29. The highest BCUT2D eigenvalue weighted by Gasteiger charge is 2.48. The Hall–Kier alpha value is -5.15. The minimum absolute atomic E-state index is 0.0126. The van der Waals surface area contributed by atoms with Crippen molar-refractivity contribution in [2.45, 2.75) is 39.0 Å². The molecule has 226 valence electrons. The lowest BCUT2D eigenvalue weighted by Gasteiger charge is -2.23. The van der Waals surface area contributed by atoms with Gasteiger partial charge in [0.25, 0.3) is 5.78 Å². The predicted octanol–water partition coefficient (Wildman–Crippen LogP) is 7.22. The number of aromatic nitrogens is 1. The summed E-state index contributed by atoms with van der Waals surface area (Å²) in [6, 6.07) is 27.0. The highest BCUT2D eigenvalue weighted by atomic mass is 32.1. The van der Waals surface area contributed by atoms with Gasteiger partial charge in [-0.2, -0.15) is 0 Å². The molecule has 4 aromatic carbocycles. The third kappa shape index (κ3) is 5.40. The number of nitrogens with zero attached hydrogens (tertiary/aromatic N) is 2. The van der Waals surface area contributed by atoms with Crippen LogP contribution in [0.25, 0.3) is 16.0 Å². The molecule has 0 saturated carbocycles. The van der Waals surface area contributed by atoms with E-state index >= 15 is 0 Å². The standard InChI is InChI=1S/C36H30N2O6S/c1-3-42-27-13-14-28-30(19-27)45-36(37-28)38-32(23-10-7-11-26(18-23)43-20-22-8-5-4-6-9-22)31(34(40)35(38)41)33(39)24-12-15-29-25(17-24)16-21(2)44-29/h4-15,17-19,21,32,39H,3,16,20H2,1-2H3/t21-,32-/m0/s1. The van der Waals surface area contributed by atoms with E-state index in [-0.39, 0.29) is 17.4 Å². The van der Waals surface area contributed by atoms with Gasteiger partial charge >= 0.3 is 5.91 Å². The van der Waals surface area contributed by atoms with Gasteiger partial charge in [-0.05, 0) is 79.1 Å². The molecule has 45 heavy (non-hydrogen) atoms. The van der Waals surface area contributed by atoms with Crippen LogP contribution in [0.2, 0.25) is 0 Å². The second-order valence-electron chi connectivity index (χ2n) is 11.0. The van der Waals surface area contributed by atoms with Crippen molar-refractivity contribution in [3.05, 3.63) is 119 Å². The first kappa shape index (κ1) is 28.6. The minimum atomic E-state index is -0.944. The molecule has 0 spiro atoms. The topological polar surface area (TPSA) is 98.2 Å².